The van der Waals surface area contributed by atoms with Crippen LogP contribution in [0.15, 0.2) is 60.7 Å². The second-order valence-electron chi connectivity index (χ2n) is 6.17. The summed E-state index contributed by atoms with van der Waals surface area (Å²) >= 11 is 0. The third-order valence-corrected chi connectivity index (χ3v) is 4.46. The van der Waals surface area contributed by atoms with Crippen LogP contribution in [-0.4, -0.2) is 25.2 Å². The fourth-order valence-electron chi connectivity index (χ4n) is 3.10. The average Bonchev–Trinajstić information content (AvgIpc) is 2.69. The third-order valence-electron chi connectivity index (χ3n) is 4.46. The summed E-state index contributed by atoms with van der Waals surface area (Å²) in [6.07, 6.45) is 0. The molecule has 1 aromatic heterocycles. The second-order valence-corrected chi connectivity index (χ2v) is 6.17. The summed E-state index contributed by atoms with van der Waals surface area (Å²) in [6, 6.07) is 20.9. The molecular formula is C22H25N3O. The number of nitrogens with one attached hydrogen (secondary N) is 1. The molecule has 1 heterocycles. The Balaban J connectivity index is 1.96. The van der Waals surface area contributed by atoms with Gasteiger partial charge < -0.3 is 15.8 Å². The Hall–Kier alpha value is -2.69. The van der Waals surface area contributed by atoms with Crippen LogP contribution >= 0.6 is 0 Å². The van der Waals surface area contributed by atoms with Crippen molar-refractivity contribution in [3.05, 3.63) is 71.8 Å². The van der Waals surface area contributed by atoms with Gasteiger partial charge in [-0.15, -0.1) is 0 Å². The number of benzene rings is 2. The summed E-state index contributed by atoms with van der Waals surface area (Å²) in [6.45, 7) is 4.21. The molecule has 4 nitrogen and oxygen atoms in total. The molecule has 4 heteroatoms. The minimum atomic E-state index is 0.610. The van der Waals surface area contributed by atoms with Gasteiger partial charge in [-0.2, -0.15) is 0 Å². The molecule has 0 aliphatic heterocycles. The molecule has 0 radical (unpaired) electrons. The van der Waals surface area contributed by atoms with Crippen molar-refractivity contribution in [2.24, 2.45) is 5.73 Å². The highest BCUT2D eigenvalue weighted by Gasteiger charge is 2.12. The molecule has 0 atom stereocenters. The van der Waals surface area contributed by atoms with Crippen LogP contribution in [0.25, 0.3) is 22.4 Å². The Bertz CT molecular complexity index is 863. The van der Waals surface area contributed by atoms with Crippen molar-refractivity contribution in [1.82, 2.24) is 10.3 Å². The Morgan fingerprint density at radius 1 is 0.962 bits per heavy atom. The van der Waals surface area contributed by atoms with Crippen LogP contribution < -0.4 is 15.8 Å². The van der Waals surface area contributed by atoms with Crippen LogP contribution in [0.3, 0.4) is 0 Å². The molecule has 3 rings (SSSR count). The van der Waals surface area contributed by atoms with Gasteiger partial charge in [0.25, 0.3) is 0 Å². The zero-order valence-corrected chi connectivity index (χ0v) is 15.3. The second kappa shape index (κ2) is 8.61. The SMILES string of the molecule is COc1nc(-c2cccc(-c3ccccc3)c2C)ccc1CNCCN. The van der Waals surface area contributed by atoms with Gasteiger partial charge in [0.1, 0.15) is 0 Å². The fraction of sp³-hybridized carbons (Fsp3) is 0.227. The van der Waals surface area contributed by atoms with Gasteiger partial charge in [0.2, 0.25) is 5.88 Å². The van der Waals surface area contributed by atoms with Crippen LogP contribution in [0.2, 0.25) is 0 Å². The molecule has 3 aromatic rings. The van der Waals surface area contributed by atoms with Gasteiger partial charge in [-0.25, -0.2) is 4.98 Å². The minimum Gasteiger partial charge on any atom is -0.481 e. The van der Waals surface area contributed by atoms with Crippen LogP contribution in [-0.2, 0) is 6.54 Å². The highest BCUT2D eigenvalue weighted by atomic mass is 16.5. The first kappa shape index (κ1) is 18.1. The van der Waals surface area contributed by atoms with Crippen molar-refractivity contribution in [2.75, 3.05) is 20.2 Å². The quantitative estimate of drug-likeness (QED) is 0.639. The first-order chi connectivity index (χ1) is 12.7. The number of nitrogens with two attached hydrogens (primary N) is 1. The zero-order valence-electron chi connectivity index (χ0n) is 15.3. The number of hydrogen-bond acceptors (Lipinski definition) is 4. The minimum absolute atomic E-state index is 0.610. The molecule has 0 aliphatic rings. The average molecular weight is 347 g/mol. The van der Waals surface area contributed by atoms with Gasteiger partial charge in [-0.05, 0) is 29.7 Å². The number of rotatable bonds is 7. The lowest BCUT2D eigenvalue weighted by atomic mass is 9.94. The number of methoxy groups -OCH3 is 1. The van der Waals surface area contributed by atoms with E-state index < -0.39 is 0 Å². The van der Waals surface area contributed by atoms with Crippen LogP contribution in [0.5, 0.6) is 5.88 Å². The summed E-state index contributed by atoms with van der Waals surface area (Å²) in [5.41, 5.74) is 12.2. The standard InChI is InChI=1S/C22H25N3O/c1-16-19(17-7-4-3-5-8-17)9-6-10-20(16)21-12-11-18(15-24-14-13-23)22(25-21)26-2/h3-12,24H,13-15,23H2,1-2H3. The molecule has 2 aromatic carbocycles. The number of hydrogen-bond donors (Lipinski definition) is 2. The molecule has 26 heavy (non-hydrogen) atoms. The summed E-state index contributed by atoms with van der Waals surface area (Å²) in [4.78, 5) is 4.74. The van der Waals surface area contributed by atoms with E-state index in [1.165, 1.54) is 16.7 Å². The van der Waals surface area contributed by atoms with Crippen molar-refractivity contribution >= 4 is 0 Å². The summed E-state index contributed by atoms with van der Waals surface area (Å²) < 4.78 is 5.51. The number of nitrogens with zero attached hydrogens (tertiary/aromatic N) is 1. The molecule has 0 unspecified atom stereocenters. The van der Waals surface area contributed by atoms with E-state index in [0.717, 1.165) is 23.4 Å². The molecule has 0 spiro atoms. The van der Waals surface area contributed by atoms with E-state index in [1.807, 2.05) is 6.07 Å². The van der Waals surface area contributed by atoms with Crippen LogP contribution in [0.4, 0.5) is 0 Å². The van der Waals surface area contributed by atoms with Gasteiger partial charge in [0.15, 0.2) is 0 Å². The maximum absolute atomic E-state index is 5.53. The van der Waals surface area contributed by atoms with Crippen molar-refractivity contribution < 1.29 is 4.74 Å². The fourth-order valence-corrected chi connectivity index (χ4v) is 3.10. The molecule has 0 amide bonds. The predicted molar refractivity (Wildman–Crippen MR) is 107 cm³/mol. The number of ether oxygens (including phenoxy) is 1. The van der Waals surface area contributed by atoms with Gasteiger partial charge >= 0.3 is 0 Å². The Morgan fingerprint density at radius 3 is 2.46 bits per heavy atom. The smallest absolute Gasteiger partial charge is 0.218 e. The maximum atomic E-state index is 5.53. The van der Waals surface area contributed by atoms with E-state index in [0.29, 0.717) is 19.0 Å². The van der Waals surface area contributed by atoms with Crippen molar-refractivity contribution in [3.63, 3.8) is 0 Å². The monoisotopic (exact) mass is 347 g/mol. The molecule has 134 valence electrons. The van der Waals surface area contributed by atoms with E-state index in [-0.39, 0.29) is 0 Å². The van der Waals surface area contributed by atoms with E-state index in [2.05, 4.69) is 66.8 Å². The number of pyridine rings is 1. The Kier molecular flexibility index (Phi) is 6.00. The van der Waals surface area contributed by atoms with E-state index in [1.54, 1.807) is 7.11 Å². The van der Waals surface area contributed by atoms with Gasteiger partial charge in [-0.1, -0.05) is 54.6 Å². The summed E-state index contributed by atoms with van der Waals surface area (Å²) in [5, 5.41) is 3.28. The van der Waals surface area contributed by atoms with Gasteiger partial charge in [0.05, 0.1) is 12.8 Å². The Labute approximate surface area is 155 Å². The van der Waals surface area contributed by atoms with E-state index >= 15 is 0 Å². The van der Waals surface area contributed by atoms with E-state index in [4.69, 9.17) is 15.5 Å². The number of aromatic nitrogens is 1. The molecule has 0 saturated carbocycles. The zero-order chi connectivity index (χ0) is 18.4. The molecule has 0 aliphatic carbocycles. The highest BCUT2D eigenvalue weighted by molar-refractivity contribution is 5.77. The first-order valence-electron chi connectivity index (χ1n) is 8.84. The highest BCUT2D eigenvalue weighted by Crippen LogP contribution is 2.32. The molecule has 0 bridgehead atoms. The lowest BCUT2D eigenvalue weighted by Gasteiger charge is -2.14. The van der Waals surface area contributed by atoms with Crippen molar-refractivity contribution in [1.29, 1.82) is 0 Å². The van der Waals surface area contributed by atoms with Crippen LogP contribution in [0.1, 0.15) is 11.1 Å². The van der Waals surface area contributed by atoms with Crippen molar-refractivity contribution in [2.45, 2.75) is 13.5 Å². The van der Waals surface area contributed by atoms with Crippen LogP contribution in [0, 0.1) is 6.92 Å². The molecule has 3 N–H and O–H groups in total. The predicted octanol–water partition coefficient (Wildman–Crippen LogP) is 3.78. The molecule has 0 saturated heterocycles. The molecular weight excluding hydrogens is 322 g/mol. The Morgan fingerprint density at radius 2 is 1.73 bits per heavy atom. The normalized spacial score (nSPS) is 10.7. The third kappa shape index (κ3) is 3.93. The first-order valence-corrected chi connectivity index (χ1v) is 8.84. The summed E-state index contributed by atoms with van der Waals surface area (Å²) in [5.74, 6) is 0.650. The summed E-state index contributed by atoms with van der Waals surface area (Å²) in [7, 11) is 1.66. The topological polar surface area (TPSA) is 60.2 Å². The van der Waals surface area contributed by atoms with E-state index in [9.17, 15) is 0 Å². The van der Waals surface area contributed by atoms with Crippen molar-refractivity contribution in [3.8, 4) is 28.3 Å². The molecule has 0 fully saturated rings. The largest absolute Gasteiger partial charge is 0.481 e. The lowest BCUT2D eigenvalue weighted by Crippen LogP contribution is -2.22. The lowest BCUT2D eigenvalue weighted by molar-refractivity contribution is 0.391. The van der Waals surface area contributed by atoms with Gasteiger partial charge in [0, 0.05) is 30.8 Å². The maximum Gasteiger partial charge on any atom is 0.218 e. The van der Waals surface area contributed by atoms with Gasteiger partial charge in [-0.3, -0.25) is 0 Å².